The molecule has 0 amide bonds. The van der Waals surface area contributed by atoms with Crippen LogP contribution in [0.15, 0.2) is 116 Å². The van der Waals surface area contributed by atoms with Crippen LogP contribution in [0, 0.1) is 0 Å². The fourth-order valence-corrected chi connectivity index (χ4v) is 5.22. The Balaban J connectivity index is 1.64. The maximum absolute atomic E-state index is 4.39. The van der Waals surface area contributed by atoms with Crippen molar-refractivity contribution in [2.75, 3.05) is 4.90 Å². The molecule has 0 N–H and O–H groups in total. The second kappa shape index (κ2) is 7.01. The summed E-state index contributed by atoms with van der Waals surface area (Å²) in [5.41, 5.74) is 3.12. The highest BCUT2D eigenvalue weighted by molar-refractivity contribution is 6.34. The van der Waals surface area contributed by atoms with E-state index in [4.69, 9.17) is 0 Å². The molecule has 0 saturated carbocycles. The Hall–Kier alpha value is -4.50. The summed E-state index contributed by atoms with van der Waals surface area (Å²) in [7, 11) is 0. The number of benzene rings is 5. The van der Waals surface area contributed by atoms with Crippen molar-refractivity contribution in [2.24, 2.45) is 0 Å². The first-order chi connectivity index (χ1) is 16.4. The summed E-state index contributed by atoms with van der Waals surface area (Å²) in [6.07, 6.45) is 7.41. The van der Waals surface area contributed by atoms with Crippen molar-refractivity contribution in [1.29, 1.82) is 0 Å². The van der Waals surface area contributed by atoms with E-state index in [0.29, 0.717) is 0 Å². The van der Waals surface area contributed by atoms with Crippen molar-refractivity contribution in [2.45, 2.75) is 0 Å². The first-order valence-corrected chi connectivity index (χ1v) is 11.1. The minimum atomic E-state index is 1.00. The summed E-state index contributed by atoms with van der Waals surface area (Å²) in [5, 5.41) is 10.3. The van der Waals surface area contributed by atoms with E-state index in [2.05, 4.69) is 93.7 Å². The van der Waals surface area contributed by atoms with Gasteiger partial charge in [0.15, 0.2) is 0 Å². The molecular formula is C30H19N3. The largest absolute Gasteiger partial charge is 0.307 e. The van der Waals surface area contributed by atoms with E-state index < -0.39 is 0 Å². The number of aromatic nitrogens is 2. The minimum absolute atomic E-state index is 1.00. The molecule has 2 aromatic heterocycles. The molecular weight excluding hydrogens is 402 g/mol. The number of hydrogen-bond donors (Lipinski definition) is 0. The fourth-order valence-electron chi connectivity index (χ4n) is 5.22. The van der Waals surface area contributed by atoms with E-state index in [1.165, 1.54) is 43.1 Å². The van der Waals surface area contributed by atoms with Gasteiger partial charge in [-0.15, -0.1) is 0 Å². The van der Waals surface area contributed by atoms with Crippen LogP contribution in [0.5, 0.6) is 0 Å². The highest BCUT2D eigenvalue weighted by Gasteiger charge is 2.19. The molecule has 0 aliphatic heterocycles. The van der Waals surface area contributed by atoms with Gasteiger partial charge in [0.2, 0.25) is 0 Å². The van der Waals surface area contributed by atoms with Crippen molar-refractivity contribution >= 4 is 60.2 Å². The highest BCUT2D eigenvalue weighted by Crippen LogP contribution is 2.45. The lowest BCUT2D eigenvalue weighted by Crippen LogP contribution is -2.11. The van der Waals surface area contributed by atoms with Crippen molar-refractivity contribution < 1.29 is 0 Å². The van der Waals surface area contributed by atoms with Crippen LogP contribution in [-0.2, 0) is 0 Å². The molecule has 0 spiro atoms. The molecule has 0 fully saturated rings. The van der Waals surface area contributed by atoms with E-state index in [0.717, 1.165) is 17.1 Å². The summed E-state index contributed by atoms with van der Waals surface area (Å²) in [6.45, 7) is 0. The van der Waals surface area contributed by atoms with Crippen LogP contribution in [-0.4, -0.2) is 9.97 Å². The quantitative estimate of drug-likeness (QED) is 0.214. The van der Waals surface area contributed by atoms with Gasteiger partial charge in [0.05, 0.1) is 29.5 Å². The normalized spacial score (nSPS) is 11.6. The Bertz CT molecular complexity index is 1670. The molecule has 0 saturated heterocycles. The zero-order valence-corrected chi connectivity index (χ0v) is 17.8. The molecule has 2 heterocycles. The molecule has 0 radical (unpaired) electrons. The molecule has 7 aromatic rings. The smallest absolute Gasteiger partial charge is 0.0645 e. The molecule has 154 valence electrons. The van der Waals surface area contributed by atoms with E-state index in [-0.39, 0.29) is 0 Å². The maximum atomic E-state index is 4.39. The van der Waals surface area contributed by atoms with Crippen LogP contribution in [0.4, 0.5) is 17.1 Å². The fraction of sp³-hybridized carbons (Fsp3) is 0. The lowest BCUT2D eigenvalue weighted by molar-refractivity contribution is 1.21. The average molecular weight is 422 g/mol. The Morgan fingerprint density at radius 1 is 0.455 bits per heavy atom. The number of fused-ring (bicyclic) bond motifs is 2. The average Bonchev–Trinajstić information content (AvgIpc) is 2.89. The monoisotopic (exact) mass is 421 g/mol. The number of pyridine rings is 2. The van der Waals surface area contributed by atoms with E-state index >= 15 is 0 Å². The van der Waals surface area contributed by atoms with Crippen molar-refractivity contribution in [1.82, 2.24) is 9.97 Å². The molecule has 0 unspecified atom stereocenters. The second-order valence-corrected chi connectivity index (χ2v) is 8.33. The standard InChI is InChI=1S/C30H19N3/c1-6-20-7-2-11-24-26-14-15-28(27-13-3-12-25(30(26)27)23(10-1)29(20)24)33(21-8-4-16-31-18-21)22-9-5-17-32-19-22/h1-19H. The van der Waals surface area contributed by atoms with Gasteiger partial charge >= 0.3 is 0 Å². The van der Waals surface area contributed by atoms with Gasteiger partial charge in [-0.05, 0) is 68.0 Å². The Morgan fingerprint density at radius 2 is 1.00 bits per heavy atom. The predicted molar refractivity (Wildman–Crippen MR) is 138 cm³/mol. The van der Waals surface area contributed by atoms with Gasteiger partial charge < -0.3 is 4.90 Å². The molecule has 3 heteroatoms. The summed E-state index contributed by atoms with van der Waals surface area (Å²) in [4.78, 5) is 11.0. The molecule has 3 nitrogen and oxygen atoms in total. The SMILES string of the molecule is c1cncc(N(c2cccnc2)c2ccc3c4cccc5cccc(c6cccc2c63)c54)c1. The molecule has 0 atom stereocenters. The van der Waals surface area contributed by atoms with Crippen molar-refractivity contribution in [3.63, 3.8) is 0 Å². The number of anilines is 3. The van der Waals surface area contributed by atoms with Gasteiger partial charge in [0.1, 0.15) is 0 Å². The second-order valence-electron chi connectivity index (χ2n) is 8.33. The highest BCUT2D eigenvalue weighted by atomic mass is 15.2. The number of rotatable bonds is 3. The third-order valence-corrected chi connectivity index (χ3v) is 6.55. The predicted octanol–water partition coefficient (Wildman–Crippen LogP) is 8.00. The van der Waals surface area contributed by atoms with Crippen LogP contribution >= 0.6 is 0 Å². The van der Waals surface area contributed by atoms with E-state index in [1.807, 2.05) is 24.5 Å². The van der Waals surface area contributed by atoms with Gasteiger partial charge in [-0.2, -0.15) is 0 Å². The van der Waals surface area contributed by atoms with Gasteiger partial charge in [0, 0.05) is 17.8 Å². The Labute approximate surface area is 190 Å². The van der Waals surface area contributed by atoms with Crippen LogP contribution < -0.4 is 4.90 Å². The van der Waals surface area contributed by atoms with Gasteiger partial charge in [-0.1, -0.05) is 60.7 Å². The van der Waals surface area contributed by atoms with Crippen molar-refractivity contribution in [3.05, 3.63) is 116 Å². The van der Waals surface area contributed by atoms with Gasteiger partial charge in [-0.25, -0.2) is 0 Å². The minimum Gasteiger partial charge on any atom is -0.307 e. The first-order valence-electron chi connectivity index (χ1n) is 11.1. The third kappa shape index (κ3) is 2.63. The summed E-state index contributed by atoms with van der Waals surface area (Å²) >= 11 is 0. The van der Waals surface area contributed by atoms with Gasteiger partial charge in [-0.3, -0.25) is 9.97 Å². The lowest BCUT2D eigenvalue weighted by atomic mass is 9.89. The van der Waals surface area contributed by atoms with Crippen molar-refractivity contribution in [3.8, 4) is 0 Å². The lowest BCUT2D eigenvalue weighted by Gasteiger charge is -2.27. The zero-order chi connectivity index (χ0) is 21.8. The zero-order valence-electron chi connectivity index (χ0n) is 17.8. The van der Waals surface area contributed by atoms with E-state index in [1.54, 1.807) is 12.4 Å². The number of hydrogen-bond acceptors (Lipinski definition) is 3. The third-order valence-electron chi connectivity index (χ3n) is 6.55. The summed E-state index contributed by atoms with van der Waals surface area (Å²) in [6, 6.07) is 32.5. The first kappa shape index (κ1) is 18.1. The van der Waals surface area contributed by atoms with Gasteiger partial charge in [0.25, 0.3) is 0 Å². The Morgan fingerprint density at radius 3 is 1.61 bits per heavy atom. The summed E-state index contributed by atoms with van der Waals surface area (Å²) < 4.78 is 0. The van der Waals surface area contributed by atoms with Crippen LogP contribution in [0.1, 0.15) is 0 Å². The van der Waals surface area contributed by atoms with E-state index in [9.17, 15) is 0 Å². The molecule has 33 heavy (non-hydrogen) atoms. The maximum Gasteiger partial charge on any atom is 0.0645 e. The summed E-state index contributed by atoms with van der Waals surface area (Å²) in [5.74, 6) is 0. The van der Waals surface area contributed by atoms with Crippen LogP contribution in [0.25, 0.3) is 43.1 Å². The van der Waals surface area contributed by atoms with Crippen LogP contribution in [0.2, 0.25) is 0 Å². The Kier molecular flexibility index (Phi) is 3.84. The molecule has 0 bridgehead atoms. The van der Waals surface area contributed by atoms with Crippen LogP contribution in [0.3, 0.4) is 0 Å². The molecule has 7 rings (SSSR count). The molecule has 0 aliphatic rings. The molecule has 5 aromatic carbocycles. The molecule has 0 aliphatic carbocycles. The number of nitrogens with zero attached hydrogens (tertiary/aromatic N) is 3. The topological polar surface area (TPSA) is 29.0 Å².